The van der Waals surface area contributed by atoms with Crippen LogP contribution in [0.4, 0.5) is 0 Å². The van der Waals surface area contributed by atoms with Gasteiger partial charge in [-0.05, 0) is 31.5 Å². The second-order valence-corrected chi connectivity index (χ2v) is 5.58. The number of hydrogen-bond acceptors (Lipinski definition) is 2. The lowest BCUT2D eigenvalue weighted by molar-refractivity contribution is 0.183. The molecule has 1 aromatic carbocycles. The lowest BCUT2D eigenvalue weighted by Gasteiger charge is -2.21. The van der Waals surface area contributed by atoms with Gasteiger partial charge in [0.1, 0.15) is 11.9 Å². The van der Waals surface area contributed by atoms with Crippen LogP contribution in [0.2, 0.25) is 5.02 Å². The molecular weight excluding hydrogens is 258 g/mol. The van der Waals surface area contributed by atoms with Crippen molar-refractivity contribution in [3.63, 3.8) is 0 Å². The fourth-order valence-electron chi connectivity index (χ4n) is 2.06. The summed E-state index contributed by atoms with van der Waals surface area (Å²) in [7, 11) is 0. The largest absolute Gasteiger partial charge is 0.489 e. The van der Waals surface area contributed by atoms with Crippen LogP contribution >= 0.6 is 11.6 Å². The predicted octanol–water partition coefficient (Wildman–Crippen LogP) is 4.80. The molecule has 19 heavy (non-hydrogen) atoms. The molecule has 0 fully saturated rings. The Kier molecular flexibility index (Phi) is 7.92. The van der Waals surface area contributed by atoms with Crippen molar-refractivity contribution < 1.29 is 4.74 Å². The zero-order valence-electron chi connectivity index (χ0n) is 12.1. The SMILES string of the molecule is CCCCCCCC(N)C(C)Oc1cccc(Cl)c1. The summed E-state index contributed by atoms with van der Waals surface area (Å²) in [6.07, 6.45) is 7.41. The van der Waals surface area contributed by atoms with Gasteiger partial charge in [-0.2, -0.15) is 0 Å². The molecular formula is C16H26ClNO. The molecule has 0 saturated carbocycles. The van der Waals surface area contributed by atoms with Crippen LogP contribution in [0.5, 0.6) is 5.75 Å². The molecule has 0 saturated heterocycles. The summed E-state index contributed by atoms with van der Waals surface area (Å²) in [6, 6.07) is 7.55. The average molecular weight is 284 g/mol. The zero-order valence-corrected chi connectivity index (χ0v) is 12.8. The summed E-state index contributed by atoms with van der Waals surface area (Å²) in [4.78, 5) is 0. The molecule has 0 spiro atoms. The zero-order chi connectivity index (χ0) is 14.1. The highest BCUT2D eigenvalue weighted by Gasteiger charge is 2.14. The van der Waals surface area contributed by atoms with Crippen LogP contribution in [0.3, 0.4) is 0 Å². The number of benzene rings is 1. The lowest BCUT2D eigenvalue weighted by atomic mass is 10.0. The standard InChI is InChI=1S/C16H26ClNO/c1-3-4-5-6-7-11-16(18)13(2)19-15-10-8-9-14(17)12-15/h8-10,12-13,16H,3-7,11,18H2,1-2H3. The fourth-order valence-corrected chi connectivity index (χ4v) is 2.24. The molecule has 0 aromatic heterocycles. The number of hydrogen-bond donors (Lipinski definition) is 1. The second-order valence-electron chi connectivity index (χ2n) is 5.15. The third-order valence-electron chi connectivity index (χ3n) is 3.36. The first-order valence-electron chi connectivity index (χ1n) is 7.31. The maximum atomic E-state index is 6.16. The van der Waals surface area contributed by atoms with Gasteiger partial charge in [-0.25, -0.2) is 0 Å². The van der Waals surface area contributed by atoms with Gasteiger partial charge in [-0.15, -0.1) is 0 Å². The number of rotatable bonds is 9. The summed E-state index contributed by atoms with van der Waals surface area (Å²) in [5.74, 6) is 0.793. The lowest BCUT2D eigenvalue weighted by Crippen LogP contribution is -2.36. The summed E-state index contributed by atoms with van der Waals surface area (Å²) in [6.45, 7) is 4.25. The van der Waals surface area contributed by atoms with Crippen LogP contribution in [0.15, 0.2) is 24.3 Å². The molecule has 0 amide bonds. The van der Waals surface area contributed by atoms with E-state index in [1.54, 1.807) is 0 Å². The van der Waals surface area contributed by atoms with Crippen molar-refractivity contribution in [3.8, 4) is 5.75 Å². The minimum Gasteiger partial charge on any atom is -0.489 e. The van der Waals surface area contributed by atoms with E-state index >= 15 is 0 Å². The Morgan fingerprint density at radius 2 is 1.95 bits per heavy atom. The van der Waals surface area contributed by atoms with Crippen LogP contribution in [0.25, 0.3) is 0 Å². The number of ether oxygens (including phenoxy) is 1. The van der Waals surface area contributed by atoms with E-state index in [0.717, 1.165) is 12.2 Å². The number of halogens is 1. The van der Waals surface area contributed by atoms with Crippen LogP contribution in [0, 0.1) is 0 Å². The van der Waals surface area contributed by atoms with Crippen molar-refractivity contribution in [2.24, 2.45) is 5.73 Å². The molecule has 0 aliphatic carbocycles. The maximum absolute atomic E-state index is 6.16. The van der Waals surface area contributed by atoms with Gasteiger partial charge in [-0.3, -0.25) is 0 Å². The summed E-state index contributed by atoms with van der Waals surface area (Å²) >= 11 is 5.93. The minimum absolute atomic E-state index is 0.0182. The highest BCUT2D eigenvalue weighted by molar-refractivity contribution is 6.30. The van der Waals surface area contributed by atoms with Gasteiger partial charge in [0.25, 0.3) is 0 Å². The Morgan fingerprint density at radius 1 is 1.21 bits per heavy atom. The first-order chi connectivity index (χ1) is 9.13. The third kappa shape index (κ3) is 6.84. The molecule has 1 rings (SSSR count). The predicted molar refractivity (Wildman–Crippen MR) is 82.9 cm³/mol. The minimum atomic E-state index is 0.0182. The quantitative estimate of drug-likeness (QED) is 0.661. The highest BCUT2D eigenvalue weighted by atomic mass is 35.5. The van der Waals surface area contributed by atoms with E-state index in [-0.39, 0.29) is 12.1 Å². The first-order valence-corrected chi connectivity index (χ1v) is 7.69. The molecule has 0 bridgehead atoms. The summed E-state index contributed by atoms with van der Waals surface area (Å²) in [5.41, 5.74) is 6.16. The normalized spacial score (nSPS) is 14.1. The van der Waals surface area contributed by atoms with E-state index in [1.165, 1.54) is 32.1 Å². The Labute approximate surface area is 122 Å². The molecule has 1 aromatic rings. The molecule has 0 radical (unpaired) electrons. The van der Waals surface area contributed by atoms with Crippen molar-refractivity contribution >= 4 is 11.6 Å². The molecule has 0 aliphatic rings. The first kappa shape index (κ1) is 16.3. The van der Waals surface area contributed by atoms with E-state index < -0.39 is 0 Å². The van der Waals surface area contributed by atoms with Crippen LogP contribution in [-0.4, -0.2) is 12.1 Å². The van der Waals surface area contributed by atoms with E-state index in [0.29, 0.717) is 5.02 Å². The number of unbranched alkanes of at least 4 members (excludes halogenated alkanes) is 4. The van der Waals surface area contributed by atoms with Crippen molar-refractivity contribution in [1.29, 1.82) is 0 Å². The molecule has 2 unspecified atom stereocenters. The van der Waals surface area contributed by atoms with Crippen LogP contribution < -0.4 is 10.5 Å². The fraction of sp³-hybridized carbons (Fsp3) is 0.625. The van der Waals surface area contributed by atoms with Crippen molar-refractivity contribution in [2.45, 2.75) is 64.5 Å². The maximum Gasteiger partial charge on any atom is 0.121 e. The van der Waals surface area contributed by atoms with Crippen molar-refractivity contribution in [2.75, 3.05) is 0 Å². The van der Waals surface area contributed by atoms with Gasteiger partial charge in [0.15, 0.2) is 0 Å². The Bertz CT molecular complexity index is 356. The van der Waals surface area contributed by atoms with Crippen molar-refractivity contribution in [1.82, 2.24) is 0 Å². The Morgan fingerprint density at radius 3 is 2.63 bits per heavy atom. The van der Waals surface area contributed by atoms with Crippen LogP contribution in [0.1, 0.15) is 52.4 Å². The summed E-state index contributed by atoms with van der Waals surface area (Å²) in [5, 5.41) is 0.692. The highest BCUT2D eigenvalue weighted by Crippen LogP contribution is 2.19. The molecule has 2 atom stereocenters. The van der Waals surface area contributed by atoms with Gasteiger partial charge < -0.3 is 10.5 Å². The summed E-state index contributed by atoms with van der Waals surface area (Å²) < 4.78 is 5.83. The molecule has 2 nitrogen and oxygen atoms in total. The third-order valence-corrected chi connectivity index (χ3v) is 3.60. The molecule has 2 N–H and O–H groups in total. The molecule has 0 heterocycles. The second kappa shape index (κ2) is 9.22. The van der Waals surface area contributed by atoms with Gasteiger partial charge in [-0.1, -0.05) is 56.7 Å². The van der Waals surface area contributed by atoms with E-state index in [1.807, 2.05) is 31.2 Å². The average Bonchev–Trinajstić information content (AvgIpc) is 2.38. The van der Waals surface area contributed by atoms with Crippen molar-refractivity contribution in [3.05, 3.63) is 29.3 Å². The smallest absolute Gasteiger partial charge is 0.121 e. The van der Waals surface area contributed by atoms with E-state index in [9.17, 15) is 0 Å². The van der Waals surface area contributed by atoms with Gasteiger partial charge in [0.2, 0.25) is 0 Å². The monoisotopic (exact) mass is 283 g/mol. The Balaban J connectivity index is 2.26. The van der Waals surface area contributed by atoms with Crippen LogP contribution in [-0.2, 0) is 0 Å². The Hall–Kier alpha value is -0.730. The van der Waals surface area contributed by atoms with Gasteiger partial charge in [0, 0.05) is 11.1 Å². The van der Waals surface area contributed by atoms with E-state index in [4.69, 9.17) is 22.1 Å². The topological polar surface area (TPSA) is 35.2 Å². The van der Waals surface area contributed by atoms with Gasteiger partial charge in [0.05, 0.1) is 0 Å². The molecule has 0 aliphatic heterocycles. The van der Waals surface area contributed by atoms with E-state index in [2.05, 4.69) is 6.92 Å². The van der Waals surface area contributed by atoms with Gasteiger partial charge >= 0.3 is 0 Å². The molecule has 3 heteroatoms. The number of nitrogens with two attached hydrogens (primary N) is 1. The molecule has 108 valence electrons.